The third kappa shape index (κ3) is 5.31. The van der Waals surface area contributed by atoms with Crippen molar-refractivity contribution in [3.63, 3.8) is 0 Å². The Morgan fingerprint density at radius 1 is 1.06 bits per heavy atom. The highest BCUT2D eigenvalue weighted by molar-refractivity contribution is 5.92. The van der Waals surface area contributed by atoms with E-state index in [1.54, 1.807) is 0 Å². The van der Waals surface area contributed by atoms with Crippen molar-refractivity contribution in [2.24, 2.45) is 0 Å². The molecule has 34 heavy (non-hydrogen) atoms. The highest BCUT2D eigenvalue weighted by atomic mass is 19.2. The Morgan fingerprint density at radius 3 is 2.65 bits per heavy atom. The molecule has 0 saturated carbocycles. The molecule has 2 unspecified atom stereocenters. The number of imide groups is 1. The molecule has 0 spiro atoms. The lowest BCUT2D eigenvalue weighted by Crippen LogP contribution is -2.47. The van der Waals surface area contributed by atoms with Gasteiger partial charge in [-0.05, 0) is 43.1 Å². The molecule has 3 amide bonds. The van der Waals surface area contributed by atoms with Gasteiger partial charge in [0.1, 0.15) is 24.3 Å². The Morgan fingerprint density at radius 2 is 1.88 bits per heavy atom. The van der Waals surface area contributed by atoms with E-state index in [1.807, 2.05) is 0 Å². The lowest BCUT2D eigenvalue weighted by Gasteiger charge is -2.31. The number of carbonyl (C=O) groups is 2. The van der Waals surface area contributed by atoms with Gasteiger partial charge in [0.2, 0.25) is 0 Å². The van der Waals surface area contributed by atoms with E-state index >= 15 is 0 Å². The average molecular weight is 480 g/mol. The van der Waals surface area contributed by atoms with E-state index in [9.17, 15) is 27.2 Å². The van der Waals surface area contributed by atoms with Crippen LogP contribution in [0, 0.1) is 23.3 Å². The molecule has 2 aliphatic heterocycles. The van der Waals surface area contributed by atoms with Crippen molar-refractivity contribution < 1.29 is 31.9 Å². The van der Waals surface area contributed by atoms with Crippen LogP contribution in [0.15, 0.2) is 36.4 Å². The molecule has 4 rings (SSSR count). The van der Waals surface area contributed by atoms with Gasteiger partial charge in [-0.25, -0.2) is 32.1 Å². The molecule has 3 N–H and O–H groups in total. The topological polar surface area (TPSA) is 82.7 Å². The molecule has 2 heterocycles. The summed E-state index contributed by atoms with van der Waals surface area (Å²) in [6.07, 6.45) is 0.486. The molecule has 0 radical (unpaired) electrons. The largest absolute Gasteiger partial charge is 0.446 e. The maximum absolute atomic E-state index is 14.1. The SMILES string of the molecule is O=C(NCCNC1CCNC(c2ccc(F)cc2F)C1)N1C(=O)OC[C@@H]1c1ccc(F)c(F)c1. The zero-order chi connectivity index (χ0) is 24.2. The van der Waals surface area contributed by atoms with Gasteiger partial charge in [0.25, 0.3) is 0 Å². The molecule has 2 aliphatic rings. The third-order valence-corrected chi connectivity index (χ3v) is 6.00. The minimum Gasteiger partial charge on any atom is -0.446 e. The average Bonchev–Trinajstić information content (AvgIpc) is 3.20. The van der Waals surface area contributed by atoms with Gasteiger partial charge in [0.15, 0.2) is 11.6 Å². The van der Waals surface area contributed by atoms with Crippen molar-refractivity contribution in [3.8, 4) is 0 Å². The summed E-state index contributed by atoms with van der Waals surface area (Å²) in [5, 5.41) is 9.13. The Balaban J connectivity index is 1.27. The van der Waals surface area contributed by atoms with Crippen LogP contribution in [-0.2, 0) is 4.74 Å². The number of hydrogen-bond donors (Lipinski definition) is 3. The van der Waals surface area contributed by atoms with E-state index in [2.05, 4.69) is 16.0 Å². The van der Waals surface area contributed by atoms with Crippen LogP contribution in [0.4, 0.5) is 27.2 Å². The van der Waals surface area contributed by atoms with E-state index < -0.39 is 41.4 Å². The number of hydrogen-bond acceptors (Lipinski definition) is 5. The molecule has 182 valence electrons. The summed E-state index contributed by atoms with van der Waals surface area (Å²) in [6.45, 7) is 1.05. The number of nitrogens with zero attached hydrogens (tertiary/aromatic N) is 1. The fourth-order valence-electron chi connectivity index (χ4n) is 4.27. The molecule has 7 nitrogen and oxygen atoms in total. The van der Waals surface area contributed by atoms with Crippen molar-refractivity contribution in [3.05, 3.63) is 70.8 Å². The van der Waals surface area contributed by atoms with Crippen molar-refractivity contribution >= 4 is 12.1 Å². The van der Waals surface area contributed by atoms with E-state index in [1.165, 1.54) is 18.2 Å². The lowest BCUT2D eigenvalue weighted by molar-refractivity contribution is 0.158. The first kappa shape index (κ1) is 24.0. The number of ether oxygens (including phenoxy) is 1. The smallest absolute Gasteiger partial charge is 0.418 e. The van der Waals surface area contributed by atoms with Crippen LogP contribution < -0.4 is 16.0 Å². The van der Waals surface area contributed by atoms with Crippen LogP contribution in [0.1, 0.15) is 36.1 Å². The van der Waals surface area contributed by atoms with Gasteiger partial charge in [-0.1, -0.05) is 12.1 Å². The predicted octanol–water partition coefficient (Wildman–Crippen LogP) is 3.53. The maximum atomic E-state index is 14.1. The second kappa shape index (κ2) is 10.4. The highest BCUT2D eigenvalue weighted by Crippen LogP contribution is 2.29. The van der Waals surface area contributed by atoms with Gasteiger partial charge < -0.3 is 20.7 Å². The van der Waals surface area contributed by atoms with Crippen molar-refractivity contribution in [2.45, 2.75) is 31.0 Å². The maximum Gasteiger partial charge on any atom is 0.418 e. The van der Waals surface area contributed by atoms with Crippen molar-refractivity contribution in [2.75, 3.05) is 26.2 Å². The number of benzene rings is 2. The summed E-state index contributed by atoms with van der Waals surface area (Å²) in [5.41, 5.74) is 0.642. The lowest BCUT2D eigenvalue weighted by atomic mass is 9.93. The molecule has 2 aromatic carbocycles. The third-order valence-electron chi connectivity index (χ3n) is 6.00. The highest BCUT2D eigenvalue weighted by Gasteiger charge is 2.39. The second-order valence-corrected chi connectivity index (χ2v) is 8.22. The molecule has 2 fully saturated rings. The number of piperidine rings is 1. The minimum absolute atomic E-state index is 0.0410. The van der Waals surface area contributed by atoms with Crippen LogP contribution in [0.5, 0.6) is 0 Å². The van der Waals surface area contributed by atoms with E-state index in [0.717, 1.165) is 29.5 Å². The molecule has 2 saturated heterocycles. The number of nitrogens with one attached hydrogen (secondary N) is 3. The normalized spacial score (nSPS) is 22.5. The Kier molecular flexibility index (Phi) is 7.32. The number of urea groups is 1. The van der Waals surface area contributed by atoms with Crippen LogP contribution in [-0.4, -0.2) is 49.3 Å². The second-order valence-electron chi connectivity index (χ2n) is 8.22. The molecular formula is C23H24F4N4O3. The van der Waals surface area contributed by atoms with Crippen LogP contribution in [0.2, 0.25) is 0 Å². The first-order chi connectivity index (χ1) is 16.3. The van der Waals surface area contributed by atoms with Crippen molar-refractivity contribution in [1.82, 2.24) is 20.9 Å². The molecule has 0 aliphatic carbocycles. The Hall–Kier alpha value is -3.18. The summed E-state index contributed by atoms with van der Waals surface area (Å²) in [7, 11) is 0. The van der Waals surface area contributed by atoms with Gasteiger partial charge >= 0.3 is 12.1 Å². The van der Waals surface area contributed by atoms with Gasteiger partial charge in [-0.2, -0.15) is 0 Å². The monoisotopic (exact) mass is 480 g/mol. The quantitative estimate of drug-likeness (QED) is 0.435. The number of cyclic esters (lactones) is 1. The zero-order valence-electron chi connectivity index (χ0n) is 18.1. The van der Waals surface area contributed by atoms with Crippen molar-refractivity contribution in [1.29, 1.82) is 0 Å². The molecule has 3 atom stereocenters. The van der Waals surface area contributed by atoms with Gasteiger partial charge in [0, 0.05) is 36.8 Å². The number of carbonyl (C=O) groups excluding carboxylic acids is 2. The first-order valence-corrected chi connectivity index (χ1v) is 10.9. The molecule has 0 bridgehead atoms. The minimum atomic E-state index is -1.08. The summed E-state index contributed by atoms with van der Waals surface area (Å²) in [4.78, 5) is 25.5. The summed E-state index contributed by atoms with van der Waals surface area (Å²) >= 11 is 0. The molecule has 2 aromatic rings. The number of halogens is 4. The Labute approximate surface area is 193 Å². The number of amides is 3. The Bertz CT molecular complexity index is 1070. The predicted molar refractivity (Wildman–Crippen MR) is 114 cm³/mol. The van der Waals surface area contributed by atoms with Gasteiger partial charge in [-0.3, -0.25) is 0 Å². The fraction of sp³-hybridized carbons (Fsp3) is 0.391. The van der Waals surface area contributed by atoms with E-state index in [4.69, 9.17) is 4.74 Å². The summed E-state index contributed by atoms with van der Waals surface area (Å²) < 4.78 is 59.0. The summed E-state index contributed by atoms with van der Waals surface area (Å²) in [6, 6.07) is 4.87. The zero-order valence-corrected chi connectivity index (χ0v) is 18.1. The molecule has 11 heteroatoms. The van der Waals surface area contributed by atoms with Crippen LogP contribution in [0.25, 0.3) is 0 Å². The van der Waals surface area contributed by atoms with Crippen LogP contribution in [0.3, 0.4) is 0 Å². The fourth-order valence-corrected chi connectivity index (χ4v) is 4.27. The first-order valence-electron chi connectivity index (χ1n) is 10.9. The molecule has 0 aromatic heterocycles. The number of rotatable bonds is 6. The van der Waals surface area contributed by atoms with Gasteiger partial charge in [0.05, 0.1) is 0 Å². The van der Waals surface area contributed by atoms with Crippen LogP contribution >= 0.6 is 0 Å². The summed E-state index contributed by atoms with van der Waals surface area (Å²) in [5.74, 6) is -3.34. The standard InChI is InChI=1S/C23H24F4N4O3/c24-14-2-3-16(18(26)10-14)20-11-15(5-6-29-20)28-7-8-30-22(32)31-21(12-34-23(31)33)13-1-4-17(25)19(27)9-13/h1-4,9-10,15,20-21,28-29H,5-8,11-12H2,(H,30,32)/t15?,20?,21-/m1/s1. The van der Waals surface area contributed by atoms with E-state index in [0.29, 0.717) is 25.1 Å². The molecular weight excluding hydrogens is 456 g/mol. The van der Waals surface area contributed by atoms with Gasteiger partial charge in [-0.15, -0.1) is 0 Å². The van der Waals surface area contributed by atoms with E-state index in [-0.39, 0.29) is 30.8 Å².